The van der Waals surface area contributed by atoms with Gasteiger partial charge in [0.15, 0.2) is 0 Å². The molecule has 1 unspecified atom stereocenters. The van der Waals surface area contributed by atoms with Crippen molar-refractivity contribution in [2.45, 2.75) is 25.3 Å². The van der Waals surface area contributed by atoms with Gasteiger partial charge in [0.25, 0.3) is 0 Å². The van der Waals surface area contributed by atoms with E-state index in [0.29, 0.717) is 12.5 Å². The van der Waals surface area contributed by atoms with Crippen molar-refractivity contribution in [3.63, 3.8) is 0 Å². The molecule has 0 aliphatic carbocycles. The van der Waals surface area contributed by atoms with E-state index in [0.717, 1.165) is 12.1 Å². The van der Waals surface area contributed by atoms with E-state index >= 15 is 0 Å². The van der Waals surface area contributed by atoms with E-state index in [4.69, 9.17) is 5.26 Å². The highest BCUT2D eigenvalue weighted by Gasteiger charge is 2.19. The quantitative estimate of drug-likeness (QED) is 0.727. The van der Waals surface area contributed by atoms with Crippen molar-refractivity contribution in [3.05, 3.63) is 18.0 Å². The summed E-state index contributed by atoms with van der Waals surface area (Å²) in [6.07, 6.45) is 6.69. The minimum absolute atomic E-state index is 0.461. The number of hydrogen-bond donors (Lipinski definition) is 0. The van der Waals surface area contributed by atoms with Gasteiger partial charge in [-0.2, -0.15) is 10.4 Å². The highest BCUT2D eigenvalue weighted by Crippen LogP contribution is 2.19. The summed E-state index contributed by atoms with van der Waals surface area (Å²) in [5, 5.41) is 12.9. The molecule has 0 radical (unpaired) electrons. The third kappa shape index (κ3) is 2.37. The number of hydrogen-bond acceptors (Lipinski definition) is 3. The van der Waals surface area contributed by atoms with E-state index in [1.54, 1.807) is 6.20 Å². The zero-order valence-electron chi connectivity index (χ0n) is 9.06. The average molecular weight is 204 g/mol. The molecular formula is C11H16N4. The van der Waals surface area contributed by atoms with Gasteiger partial charge >= 0.3 is 0 Å². The van der Waals surface area contributed by atoms with Gasteiger partial charge in [-0.25, -0.2) is 0 Å². The van der Waals surface area contributed by atoms with Crippen LogP contribution in [0.5, 0.6) is 0 Å². The van der Waals surface area contributed by atoms with Crippen LogP contribution in [-0.2, 0) is 6.42 Å². The molecule has 80 valence electrons. The summed E-state index contributed by atoms with van der Waals surface area (Å²) in [5.41, 5.74) is 1.02. The monoisotopic (exact) mass is 204 g/mol. The van der Waals surface area contributed by atoms with E-state index < -0.39 is 0 Å². The minimum atomic E-state index is 0.461. The summed E-state index contributed by atoms with van der Waals surface area (Å²) in [4.78, 5) is 2.33. The Bertz CT molecular complexity index is 363. The number of nitriles is 1. The first-order valence-corrected chi connectivity index (χ1v) is 5.38. The fraction of sp³-hybridized carbons (Fsp3) is 0.636. The number of nitrogens with zero attached hydrogens (tertiary/aromatic N) is 4. The predicted octanol–water partition coefficient (Wildman–Crippen LogP) is 1.22. The Kier molecular flexibility index (Phi) is 3.02. The predicted molar refractivity (Wildman–Crippen MR) is 57.3 cm³/mol. The maximum absolute atomic E-state index is 8.59. The van der Waals surface area contributed by atoms with Crippen LogP contribution < -0.4 is 0 Å². The molecule has 1 aromatic rings. The highest BCUT2D eigenvalue weighted by molar-refractivity contribution is 5.10. The maximum Gasteiger partial charge on any atom is 0.0670 e. The zero-order chi connectivity index (χ0) is 10.7. The third-order valence-corrected chi connectivity index (χ3v) is 2.91. The average Bonchev–Trinajstić information content (AvgIpc) is 2.67. The van der Waals surface area contributed by atoms with E-state index in [9.17, 15) is 0 Å². The molecule has 4 heteroatoms. The van der Waals surface area contributed by atoms with Crippen LogP contribution in [-0.4, -0.2) is 34.8 Å². The largest absolute Gasteiger partial charge is 0.304 e. The van der Waals surface area contributed by atoms with Gasteiger partial charge in [0.2, 0.25) is 0 Å². The first-order valence-electron chi connectivity index (χ1n) is 5.38. The van der Waals surface area contributed by atoms with Crippen LogP contribution in [0.3, 0.4) is 0 Å². The second-order valence-electron chi connectivity index (χ2n) is 4.22. The fourth-order valence-electron chi connectivity index (χ4n) is 2.11. The van der Waals surface area contributed by atoms with Crippen molar-refractivity contribution in [1.82, 2.24) is 14.7 Å². The minimum Gasteiger partial charge on any atom is -0.304 e. The van der Waals surface area contributed by atoms with Crippen LogP contribution in [0.25, 0.3) is 0 Å². The Morgan fingerprint density at radius 2 is 2.53 bits per heavy atom. The molecule has 1 aliphatic rings. The molecule has 1 saturated heterocycles. The lowest BCUT2D eigenvalue weighted by molar-refractivity contribution is 0.202. The van der Waals surface area contributed by atoms with Crippen LogP contribution >= 0.6 is 0 Å². The lowest BCUT2D eigenvalue weighted by Gasteiger charge is -2.29. The Balaban J connectivity index is 2.05. The van der Waals surface area contributed by atoms with Gasteiger partial charge in [0, 0.05) is 18.3 Å². The summed E-state index contributed by atoms with van der Waals surface area (Å²) >= 11 is 0. The van der Waals surface area contributed by atoms with Gasteiger partial charge in [-0.05, 0) is 26.4 Å². The Hall–Kier alpha value is -1.34. The lowest BCUT2D eigenvalue weighted by Crippen LogP contribution is -2.33. The van der Waals surface area contributed by atoms with Crippen molar-refractivity contribution in [3.8, 4) is 6.07 Å². The Morgan fingerprint density at radius 1 is 1.67 bits per heavy atom. The van der Waals surface area contributed by atoms with Crippen LogP contribution in [0.4, 0.5) is 0 Å². The molecule has 2 heterocycles. The third-order valence-electron chi connectivity index (χ3n) is 2.91. The summed E-state index contributed by atoms with van der Waals surface area (Å²) < 4.78 is 2.02. The molecule has 4 nitrogen and oxygen atoms in total. The molecule has 2 rings (SSSR count). The maximum atomic E-state index is 8.59. The van der Waals surface area contributed by atoms with Crippen LogP contribution in [0.15, 0.2) is 12.4 Å². The standard InChI is InChI=1S/C11H16N4/c1-14-6-2-3-11(9-14)15-8-10(4-5-12)7-13-15/h7-8,11H,2-4,6,9H2,1H3. The van der Waals surface area contributed by atoms with Crippen molar-refractivity contribution < 1.29 is 0 Å². The molecule has 0 N–H and O–H groups in total. The van der Waals surface area contributed by atoms with Crippen molar-refractivity contribution in [2.75, 3.05) is 20.1 Å². The van der Waals surface area contributed by atoms with Crippen molar-refractivity contribution in [2.24, 2.45) is 0 Å². The van der Waals surface area contributed by atoms with Gasteiger partial charge in [-0.1, -0.05) is 0 Å². The van der Waals surface area contributed by atoms with Gasteiger partial charge < -0.3 is 4.90 Å². The summed E-state index contributed by atoms with van der Waals surface area (Å²) in [5.74, 6) is 0. The molecule has 0 bridgehead atoms. The number of likely N-dealkylation sites (tertiary alicyclic amines) is 1. The first kappa shape index (κ1) is 10.2. The zero-order valence-corrected chi connectivity index (χ0v) is 9.06. The van der Waals surface area contributed by atoms with Crippen molar-refractivity contribution in [1.29, 1.82) is 5.26 Å². The van der Waals surface area contributed by atoms with Crippen LogP contribution in [0, 0.1) is 11.3 Å². The van der Waals surface area contributed by atoms with Crippen LogP contribution in [0.1, 0.15) is 24.4 Å². The molecule has 1 atom stereocenters. The number of rotatable bonds is 2. The molecular weight excluding hydrogens is 188 g/mol. The van der Waals surface area contributed by atoms with Gasteiger partial charge in [-0.15, -0.1) is 0 Å². The fourth-order valence-corrected chi connectivity index (χ4v) is 2.11. The molecule has 0 saturated carbocycles. The van der Waals surface area contributed by atoms with Gasteiger partial charge in [0.05, 0.1) is 24.7 Å². The number of likely N-dealkylation sites (N-methyl/N-ethyl adjacent to an activating group) is 1. The second kappa shape index (κ2) is 4.45. The summed E-state index contributed by atoms with van der Waals surface area (Å²) in [6, 6.07) is 2.63. The number of piperidine rings is 1. The SMILES string of the molecule is CN1CCCC(n2cc(CC#N)cn2)C1. The normalized spacial score (nSPS) is 22.5. The number of aromatic nitrogens is 2. The molecule has 15 heavy (non-hydrogen) atoms. The van der Waals surface area contributed by atoms with Gasteiger partial charge in [-0.3, -0.25) is 4.68 Å². The van der Waals surface area contributed by atoms with E-state index in [1.807, 2.05) is 10.9 Å². The Labute approximate surface area is 90.1 Å². The van der Waals surface area contributed by atoms with E-state index in [-0.39, 0.29) is 0 Å². The summed E-state index contributed by atoms with van der Waals surface area (Å²) in [6.45, 7) is 2.25. The molecule has 1 aliphatic heterocycles. The van der Waals surface area contributed by atoms with E-state index in [2.05, 4.69) is 23.1 Å². The topological polar surface area (TPSA) is 44.9 Å². The van der Waals surface area contributed by atoms with Crippen molar-refractivity contribution >= 4 is 0 Å². The highest BCUT2D eigenvalue weighted by atomic mass is 15.3. The molecule has 0 amide bonds. The second-order valence-corrected chi connectivity index (χ2v) is 4.22. The van der Waals surface area contributed by atoms with Gasteiger partial charge in [0.1, 0.15) is 0 Å². The Morgan fingerprint density at radius 3 is 3.27 bits per heavy atom. The first-order chi connectivity index (χ1) is 7.29. The smallest absolute Gasteiger partial charge is 0.0670 e. The molecule has 0 spiro atoms. The summed E-state index contributed by atoms with van der Waals surface area (Å²) in [7, 11) is 2.14. The van der Waals surface area contributed by atoms with E-state index in [1.165, 1.54) is 19.4 Å². The molecule has 1 fully saturated rings. The van der Waals surface area contributed by atoms with Crippen LogP contribution in [0.2, 0.25) is 0 Å². The lowest BCUT2D eigenvalue weighted by atomic mass is 10.1. The molecule has 1 aromatic heterocycles. The molecule has 0 aromatic carbocycles.